The van der Waals surface area contributed by atoms with Crippen molar-refractivity contribution in [3.8, 4) is 0 Å². The van der Waals surface area contributed by atoms with E-state index in [2.05, 4.69) is 41.1 Å². The van der Waals surface area contributed by atoms with Crippen molar-refractivity contribution in [1.82, 2.24) is 14.4 Å². The van der Waals surface area contributed by atoms with E-state index in [0.29, 0.717) is 30.6 Å². The van der Waals surface area contributed by atoms with Crippen LogP contribution >= 0.6 is 23.2 Å². The standard InChI is InChI=1S/C27H29Cl2N3O3/c1-30(22-12-13-31(17-22)16-20-5-3-2-4-6-20)18-25-23(28)15-24(29)26(33)32(25)14-11-19-7-9-21(10-8-19)27(34)35/h2-10,15,22H,11-14,16-18H2,1H3,(H,34,35). The zero-order valence-electron chi connectivity index (χ0n) is 19.7. The first-order chi connectivity index (χ1) is 16.8. The van der Waals surface area contributed by atoms with E-state index in [9.17, 15) is 9.59 Å². The van der Waals surface area contributed by atoms with Gasteiger partial charge in [-0.1, -0.05) is 65.7 Å². The predicted molar refractivity (Wildman–Crippen MR) is 139 cm³/mol. The molecule has 0 amide bonds. The van der Waals surface area contributed by atoms with Gasteiger partial charge in [-0.25, -0.2) is 4.79 Å². The number of pyridine rings is 1. The van der Waals surface area contributed by atoms with E-state index >= 15 is 0 Å². The topological polar surface area (TPSA) is 65.8 Å². The zero-order chi connectivity index (χ0) is 24.9. The summed E-state index contributed by atoms with van der Waals surface area (Å²) in [7, 11) is 2.07. The lowest BCUT2D eigenvalue weighted by atomic mass is 10.1. The number of halogens is 2. The van der Waals surface area contributed by atoms with Crippen LogP contribution in [0.15, 0.2) is 65.5 Å². The lowest BCUT2D eigenvalue weighted by Crippen LogP contribution is -2.36. The van der Waals surface area contributed by atoms with Gasteiger partial charge in [-0.05, 0) is 49.2 Å². The monoisotopic (exact) mass is 513 g/mol. The summed E-state index contributed by atoms with van der Waals surface area (Å²) in [4.78, 5) is 28.7. The van der Waals surface area contributed by atoms with Crippen LogP contribution in [-0.2, 0) is 26.1 Å². The first-order valence-electron chi connectivity index (χ1n) is 11.7. The molecule has 2 aromatic carbocycles. The molecule has 35 heavy (non-hydrogen) atoms. The van der Waals surface area contributed by atoms with Gasteiger partial charge in [0.05, 0.1) is 16.3 Å². The maximum Gasteiger partial charge on any atom is 0.335 e. The highest BCUT2D eigenvalue weighted by Crippen LogP contribution is 2.24. The normalized spacial score (nSPS) is 16.2. The van der Waals surface area contributed by atoms with Crippen molar-refractivity contribution in [2.45, 2.75) is 38.5 Å². The lowest BCUT2D eigenvalue weighted by Gasteiger charge is -2.27. The van der Waals surface area contributed by atoms with Crippen LogP contribution in [0.3, 0.4) is 0 Å². The Labute approximate surface area is 215 Å². The number of hydrogen-bond acceptors (Lipinski definition) is 4. The van der Waals surface area contributed by atoms with Gasteiger partial charge in [0.2, 0.25) is 0 Å². The van der Waals surface area contributed by atoms with Crippen LogP contribution in [0.5, 0.6) is 0 Å². The molecular formula is C27H29Cl2N3O3. The van der Waals surface area contributed by atoms with Crippen LogP contribution in [0.1, 0.15) is 33.6 Å². The van der Waals surface area contributed by atoms with Crippen LogP contribution < -0.4 is 5.56 Å². The highest BCUT2D eigenvalue weighted by Gasteiger charge is 2.27. The van der Waals surface area contributed by atoms with Gasteiger partial charge in [-0.2, -0.15) is 0 Å². The summed E-state index contributed by atoms with van der Waals surface area (Å²) >= 11 is 12.8. The molecular weight excluding hydrogens is 485 g/mol. The molecule has 6 nitrogen and oxygen atoms in total. The molecule has 184 valence electrons. The fourth-order valence-corrected chi connectivity index (χ4v) is 5.15. The molecule has 3 aromatic rings. The lowest BCUT2D eigenvalue weighted by molar-refractivity contribution is 0.0697. The third-order valence-electron chi connectivity index (χ3n) is 6.65. The third kappa shape index (κ3) is 6.33. The number of aromatic nitrogens is 1. The van der Waals surface area contributed by atoms with Crippen molar-refractivity contribution in [3.05, 3.63) is 103 Å². The average molecular weight is 514 g/mol. The van der Waals surface area contributed by atoms with Gasteiger partial charge in [0.25, 0.3) is 5.56 Å². The van der Waals surface area contributed by atoms with E-state index in [-0.39, 0.29) is 16.1 Å². The summed E-state index contributed by atoms with van der Waals surface area (Å²) in [6, 6.07) is 19.0. The molecule has 1 N–H and O–H groups in total. The minimum atomic E-state index is -0.964. The Balaban J connectivity index is 1.45. The average Bonchev–Trinajstić information content (AvgIpc) is 3.31. The number of carboxylic acid groups (broad SMARTS) is 1. The molecule has 8 heteroatoms. The molecule has 0 radical (unpaired) electrons. The molecule has 1 saturated heterocycles. The number of carboxylic acids is 1. The van der Waals surface area contributed by atoms with E-state index in [1.807, 2.05) is 6.07 Å². The van der Waals surface area contributed by atoms with Crippen molar-refractivity contribution >= 4 is 29.2 Å². The largest absolute Gasteiger partial charge is 0.478 e. The summed E-state index contributed by atoms with van der Waals surface area (Å²) < 4.78 is 1.66. The van der Waals surface area contributed by atoms with Crippen molar-refractivity contribution < 1.29 is 9.90 Å². The SMILES string of the molecule is CN(Cc1c(Cl)cc(Cl)c(=O)n1CCc1ccc(C(=O)O)cc1)C1CCN(Cc2ccccc2)C1. The minimum Gasteiger partial charge on any atom is -0.478 e. The van der Waals surface area contributed by atoms with Gasteiger partial charge in [0, 0.05) is 38.8 Å². The van der Waals surface area contributed by atoms with E-state index in [0.717, 1.165) is 37.3 Å². The second kappa shape index (κ2) is 11.4. The second-order valence-corrected chi connectivity index (χ2v) is 9.89. The quantitative estimate of drug-likeness (QED) is 0.445. The van der Waals surface area contributed by atoms with Gasteiger partial charge in [-0.3, -0.25) is 14.6 Å². The highest BCUT2D eigenvalue weighted by atomic mass is 35.5. The van der Waals surface area contributed by atoms with Crippen LogP contribution in [0.4, 0.5) is 0 Å². The first-order valence-corrected chi connectivity index (χ1v) is 12.4. The summed E-state index contributed by atoms with van der Waals surface area (Å²) in [6.45, 7) is 3.85. The molecule has 1 atom stereocenters. The number of hydrogen-bond donors (Lipinski definition) is 1. The molecule has 0 spiro atoms. The van der Waals surface area contributed by atoms with Crippen molar-refractivity contribution in [1.29, 1.82) is 0 Å². The third-order valence-corrected chi connectivity index (χ3v) is 7.25. The first kappa shape index (κ1) is 25.5. The molecule has 0 saturated carbocycles. The number of aryl methyl sites for hydroxylation is 1. The van der Waals surface area contributed by atoms with Gasteiger partial charge in [-0.15, -0.1) is 0 Å². The Bertz CT molecular complexity index is 1230. The van der Waals surface area contributed by atoms with Gasteiger partial charge in [0.15, 0.2) is 0 Å². The molecule has 1 aromatic heterocycles. The number of nitrogens with zero attached hydrogens (tertiary/aromatic N) is 3. The molecule has 1 unspecified atom stereocenters. The van der Waals surface area contributed by atoms with Crippen molar-refractivity contribution in [3.63, 3.8) is 0 Å². The second-order valence-electron chi connectivity index (χ2n) is 9.07. The molecule has 1 fully saturated rings. The summed E-state index contributed by atoms with van der Waals surface area (Å²) in [6.07, 6.45) is 1.61. The Hall–Kier alpha value is -2.64. The van der Waals surface area contributed by atoms with E-state index in [4.69, 9.17) is 28.3 Å². The highest BCUT2D eigenvalue weighted by molar-refractivity contribution is 6.34. The van der Waals surface area contributed by atoms with Gasteiger partial charge < -0.3 is 9.67 Å². The number of aromatic carboxylic acids is 1. The molecule has 1 aliphatic rings. The Kier molecular flexibility index (Phi) is 8.29. The van der Waals surface area contributed by atoms with Crippen molar-refractivity contribution in [2.24, 2.45) is 0 Å². The van der Waals surface area contributed by atoms with E-state index < -0.39 is 5.97 Å². The Morgan fingerprint density at radius 2 is 1.77 bits per heavy atom. The van der Waals surface area contributed by atoms with Gasteiger partial charge in [0.1, 0.15) is 5.02 Å². The summed E-state index contributed by atoms with van der Waals surface area (Å²) in [5.74, 6) is -0.964. The van der Waals surface area contributed by atoms with Crippen LogP contribution in [0, 0.1) is 0 Å². The molecule has 0 aliphatic carbocycles. The Morgan fingerprint density at radius 3 is 2.46 bits per heavy atom. The maximum atomic E-state index is 12.9. The molecule has 1 aliphatic heterocycles. The van der Waals surface area contributed by atoms with Crippen LogP contribution in [-0.4, -0.2) is 51.6 Å². The number of likely N-dealkylation sites (N-methyl/N-ethyl adjacent to an activating group) is 1. The van der Waals surface area contributed by atoms with Gasteiger partial charge >= 0.3 is 5.97 Å². The molecule has 4 rings (SSSR count). The van der Waals surface area contributed by atoms with Crippen LogP contribution in [0.25, 0.3) is 0 Å². The maximum absolute atomic E-state index is 12.9. The van der Waals surface area contributed by atoms with Crippen molar-refractivity contribution in [2.75, 3.05) is 20.1 Å². The summed E-state index contributed by atoms with van der Waals surface area (Å²) in [5, 5.41) is 9.67. The van der Waals surface area contributed by atoms with E-state index in [1.165, 1.54) is 11.6 Å². The zero-order valence-corrected chi connectivity index (χ0v) is 21.2. The number of carbonyl (C=O) groups is 1. The fraction of sp³-hybridized carbons (Fsp3) is 0.333. The smallest absolute Gasteiger partial charge is 0.335 e. The number of rotatable bonds is 9. The number of likely N-dealkylation sites (tertiary alicyclic amines) is 1. The Morgan fingerprint density at radius 1 is 1.06 bits per heavy atom. The van der Waals surface area contributed by atoms with Crippen LogP contribution in [0.2, 0.25) is 10.0 Å². The van der Waals surface area contributed by atoms with E-state index in [1.54, 1.807) is 28.8 Å². The number of benzene rings is 2. The molecule has 2 heterocycles. The molecule has 0 bridgehead atoms. The predicted octanol–water partition coefficient (Wildman–Crippen LogP) is 4.80. The fourth-order valence-electron chi connectivity index (χ4n) is 4.61. The summed E-state index contributed by atoms with van der Waals surface area (Å²) in [5.41, 5.74) is 2.95. The minimum absolute atomic E-state index is 0.0949.